The van der Waals surface area contributed by atoms with Crippen molar-refractivity contribution in [1.29, 1.82) is 0 Å². The molecule has 0 radical (unpaired) electrons. The molecule has 1 N–H and O–H groups in total. The zero-order valence-corrected chi connectivity index (χ0v) is 13.0. The largest absolute Gasteiger partial charge is 0.462 e. The molecule has 1 aliphatic heterocycles. The third-order valence-corrected chi connectivity index (χ3v) is 5.69. The Bertz CT molecular complexity index is 438. The Hall–Kier alpha value is -1.10. The van der Waals surface area contributed by atoms with Gasteiger partial charge in [-0.3, -0.25) is 9.59 Å². The summed E-state index contributed by atoms with van der Waals surface area (Å²) < 4.78 is 11.2. The summed E-state index contributed by atoms with van der Waals surface area (Å²) in [7, 11) is 1.75. The van der Waals surface area contributed by atoms with Crippen LogP contribution in [-0.4, -0.2) is 37.2 Å². The number of esters is 1. The van der Waals surface area contributed by atoms with Crippen molar-refractivity contribution >= 4 is 11.9 Å². The van der Waals surface area contributed by atoms with Crippen LogP contribution in [0.5, 0.6) is 0 Å². The van der Waals surface area contributed by atoms with Crippen LogP contribution < -0.4 is 5.32 Å². The van der Waals surface area contributed by atoms with Crippen molar-refractivity contribution in [2.45, 2.75) is 57.8 Å². The van der Waals surface area contributed by atoms with E-state index in [1.807, 2.05) is 6.92 Å². The molecule has 1 saturated heterocycles. The molecular formula is C16H25NO4. The normalized spacial score (nSPS) is 45.5. The van der Waals surface area contributed by atoms with Gasteiger partial charge in [-0.15, -0.1) is 0 Å². The molecule has 0 spiro atoms. The Morgan fingerprint density at radius 3 is 2.76 bits per heavy atom. The van der Waals surface area contributed by atoms with E-state index in [4.69, 9.17) is 9.47 Å². The van der Waals surface area contributed by atoms with Crippen molar-refractivity contribution in [3.05, 3.63) is 0 Å². The van der Waals surface area contributed by atoms with Crippen LogP contribution in [-0.2, 0) is 19.1 Å². The van der Waals surface area contributed by atoms with Crippen molar-refractivity contribution in [1.82, 2.24) is 5.32 Å². The first-order valence-electron chi connectivity index (χ1n) is 8.01. The van der Waals surface area contributed by atoms with Gasteiger partial charge >= 0.3 is 5.97 Å². The number of nitrogens with one attached hydrogen (secondary N) is 1. The van der Waals surface area contributed by atoms with Crippen molar-refractivity contribution < 1.29 is 19.1 Å². The van der Waals surface area contributed by atoms with Gasteiger partial charge in [0.25, 0.3) is 0 Å². The quantitative estimate of drug-likeness (QED) is 0.784. The van der Waals surface area contributed by atoms with Gasteiger partial charge in [0, 0.05) is 26.0 Å². The Labute approximate surface area is 125 Å². The maximum Gasteiger partial charge on any atom is 0.309 e. The van der Waals surface area contributed by atoms with Crippen molar-refractivity contribution in [3.63, 3.8) is 0 Å². The molecule has 3 rings (SSSR count). The molecule has 118 valence electrons. The van der Waals surface area contributed by atoms with E-state index < -0.39 is 0 Å². The number of hydrogen-bond donors (Lipinski definition) is 1. The monoisotopic (exact) mass is 295 g/mol. The molecule has 0 aromatic rings. The number of carbonyl (C=O) groups is 2. The summed E-state index contributed by atoms with van der Waals surface area (Å²) in [5.41, 5.74) is 0. The fraction of sp³-hybridized carbons (Fsp3) is 0.875. The maximum atomic E-state index is 12.1. The third-order valence-electron chi connectivity index (χ3n) is 5.69. The molecule has 0 aromatic heterocycles. The predicted octanol–water partition coefficient (Wildman–Crippen LogP) is 1.50. The second kappa shape index (κ2) is 5.59. The molecular weight excluding hydrogens is 270 g/mol. The average Bonchev–Trinajstić information content (AvgIpc) is 2.70. The molecule has 0 unspecified atom stereocenters. The molecule has 1 amide bonds. The van der Waals surface area contributed by atoms with Gasteiger partial charge < -0.3 is 14.8 Å². The molecule has 5 heteroatoms. The van der Waals surface area contributed by atoms with E-state index in [-0.39, 0.29) is 42.0 Å². The van der Waals surface area contributed by atoms with Crippen LogP contribution in [0.3, 0.4) is 0 Å². The fourth-order valence-corrected chi connectivity index (χ4v) is 4.94. The lowest BCUT2D eigenvalue weighted by molar-refractivity contribution is -0.145. The van der Waals surface area contributed by atoms with Crippen LogP contribution in [0.1, 0.15) is 39.5 Å². The lowest BCUT2D eigenvalue weighted by Crippen LogP contribution is -2.51. The van der Waals surface area contributed by atoms with Gasteiger partial charge in [0.05, 0.1) is 12.0 Å². The van der Waals surface area contributed by atoms with E-state index >= 15 is 0 Å². The maximum absolute atomic E-state index is 12.1. The van der Waals surface area contributed by atoms with Crippen molar-refractivity contribution in [2.24, 2.45) is 23.7 Å². The van der Waals surface area contributed by atoms with E-state index in [1.54, 1.807) is 14.0 Å². The highest BCUT2D eigenvalue weighted by Gasteiger charge is 2.55. The molecule has 0 bridgehead atoms. The van der Waals surface area contributed by atoms with Crippen LogP contribution in [0.15, 0.2) is 0 Å². The number of ether oxygens (including phenoxy) is 2. The number of amides is 1. The lowest BCUT2D eigenvalue weighted by Gasteiger charge is -2.47. The fourth-order valence-electron chi connectivity index (χ4n) is 4.94. The summed E-state index contributed by atoms with van der Waals surface area (Å²) in [6.07, 6.45) is 3.96. The molecule has 21 heavy (non-hydrogen) atoms. The van der Waals surface area contributed by atoms with Crippen LogP contribution in [0.2, 0.25) is 0 Å². The van der Waals surface area contributed by atoms with Gasteiger partial charge in [-0.25, -0.2) is 0 Å². The number of rotatable bonds is 2. The van der Waals surface area contributed by atoms with Gasteiger partial charge in [-0.2, -0.15) is 0 Å². The van der Waals surface area contributed by atoms with Gasteiger partial charge in [0.1, 0.15) is 6.10 Å². The Kier molecular flexibility index (Phi) is 3.95. The van der Waals surface area contributed by atoms with Crippen LogP contribution in [0.25, 0.3) is 0 Å². The number of methoxy groups -OCH3 is 1. The summed E-state index contributed by atoms with van der Waals surface area (Å²) in [5.74, 6) is 1.07. The van der Waals surface area contributed by atoms with E-state index in [2.05, 4.69) is 5.32 Å². The van der Waals surface area contributed by atoms with E-state index in [0.29, 0.717) is 11.8 Å². The Morgan fingerprint density at radius 2 is 2.10 bits per heavy atom. The second-order valence-corrected chi connectivity index (χ2v) is 6.90. The van der Waals surface area contributed by atoms with E-state index in [9.17, 15) is 9.59 Å². The Morgan fingerprint density at radius 1 is 1.33 bits per heavy atom. The van der Waals surface area contributed by atoms with Crippen LogP contribution in [0.4, 0.5) is 0 Å². The molecule has 7 atom stereocenters. The van der Waals surface area contributed by atoms with Gasteiger partial charge in [0.15, 0.2) is 0 Å². The second-order valence-electron chi connectivity index (χ2n) is 6.90. The summed E-state index contributed by atoms with van der Waals surface area (Å²) in [6.45, 7) is 3.55. The highest BCUT2D eigenvalue weighted by atomic mass is 16.6. The van der Waals surface area contributed by atoms with Crippen LogP contribution in [0, 0.1) is 23.7 Å². The number of cyclic esters (lactones) is 1. The van der Waals surface area contributed by atoms with Crippen molar-refractivity contribution in [3.8, 4) is 0 Å². The highest BCUT2D eigenvalue weighted by molar-refractivity contribution is 5.75. The number of carbonyl (C=O) groups excluding carboxylic acids is 2. The molecule has 1 heterocycles. The zero-order valence-electron chi connectivity index (χ0n) is 13.0. The summed E-state index contributed by atoms with van der Waals surface area (Å²) in [5, 5.41) is 3.03. The minimum absolute atomic E-state index is 0.0257. The van der Waals surface area contributed by atoms with Crippen LogP contribution >= 0.6 is 0 Å². The average molecular weight is 295 g/mol. The van der Waals surface area contributed by atoms with E-state index in [0.717, 1.165) is 25.7 Å². The predicted molar refractivity (Wildman–Crippen MR) is 76.4 cm³/mol. The lowest BCUT2D eigenvalue weighted by atomic mass is 9.60. The topological polar surface area (TPSA) is 64.6 Å². The highest BCUT2D eigenvalue weighted by Crippen LogP contribution is 2.50. The SMILES string of the molecule is CO[C@H]1[C@@H]2CC[C@@H](NC(C)=O)C[C@H]2C[C@H]2C(=O)O[C@H](C)[C@@H]12. The standard InChI is InChI=1S/C16H25NO4/c1-8-14-13(16(19)21-8)7-10-6-11(17-9(2)18)4-5-12(10)15(14)20-3/h8,10-15H,4-7H2,1-3H3,(H,17,18)/t8-,10+,11-,12-,13-,14-,15+/m1/s1. The zero-order chi connectivity index (χ0) is 15.1. The molecule has 3 fully saturated rings. The smallest absolute Gasteiger partial charge is 0.309 e. The minimum atomic E-state index is -0.0605. The van der Waals surface area contributed by atoms with Gasteiger partial charge in [-0.05, 0) is 44.4 Å². The summed E-state index contributed by atoms with van der Waals surface area (Å²) >= 11 is 0. The molecule has 3 aliphatic rings. The number of hydrogen-bond acceptors (Lipinski definition) is 4. The van der Waals surface area contributed by atoms with E-state index in [1.165, 1.54) is 0 Å². The first-order chi connectivity index (χ1) is 10.0. The summed E-state index contributed by atoms with van der Waals surface area (Å²) in [4.78, 5) is 23.3. The molecule has 2 saturated carbocycles. The molecule has 2 aliphatic carbocycles. The summed E-state index contributed by atoms with van der Waals surface area (Å²) in [6, 6.07) is 0.243. The first-order valence-corrected chi connectivity index (χ1v) is 8.01. The molecule has 0 aromatic carbocycles. The van der Waals surface area contributed by atoms with Crippen molar-refractivity contribution in [2.75, 3.05) is 7.11 Å². The van der Waals surface area contributed by atoms with Gasteiger partial charge in [0.2, 0.25) is 5.91 Å². The third kappa shape index (κ3) is 2.56. The number of fused-ring (bicyclic) bond motifs is 2. The molecule has 5 nitrogen and oxygen atoms in total. The first kappa shape index (κ1) is 14.8. The Balaban J connectivity index is 1.77. The van der Waals surface area contributed by atoms with Gasteiger partial charge in [-0.1, -0.05) is 0 Å². The minimum Gasteiger partial charge on any atom is -0.462 e.